The highest BCUT2D eigenvalue weighted by Crippen LogP contribution is 2.36. The van der Waals surface area contributed by atoms with Crippen molar-refractivity contribution >= 4 is 16.7 Å². The van der Waals surface area contributed by atoms with Gasteiger partial charge < -0.3 is 19.1 Å². The first-order valence-electron chi connectivity index (χ1n) is 10.9. The van der Waals surface area contributed by atoms with Crippen LogP contribution in [0.15, 0.2) is 59.1 Å². The molecule has 1 fully saturated rings. The molecule has 1 aromatic heterocycles. The van der Waals surface area contributed by atoms with Crippen LogP contribution < -0.4 is 9.47 Å². The summed E-state index contributed by atoms with van der Waals surface area (Å²) in [6.07, 6.45) is 0. The fourth-order valence-corrected chi connectivity index (χ4v) is 4.42. The van der Waals surface area contributed by atoms with Gasteiger partial charge in [-0.15, -0.1) is 0 Å². The molecule has 0 atom stereocenters. The van der Waals surface area contributed by atoms with Gasteiger partial charge in [0, 0.05) is 30.8 Å². The van der Waals surface area contributed by atoms with E-state index in [0.717, 1.165) is 27.5 Å². The van der Waals surface area contributed by atoms with Crippen LogP contribution in [0.5, 0.6) is 11.5 Å². The summed E-state index contributed by atoms with van der Waals surface area (Å²) in [6.45, 7) is 2.92. The summed E-state index contributed by atoms with van der Waals surface area (Å²) >= 11 is 0. The fraction of sp³-hybridized carbons (Fsp3) is 0.240. The summed E-state index contributed by atoms with van der Waals surface area (Å²) in [4.78, 5) is 17.9. The molecule has 0 saturated carbocycles. The van der Waals surface area contributed by atoms with Crippen molar-refractivity contribution in [3.8, 4) is 34.3 Å². The Morgan fingerprint density at radius 3 is 2.61 bits per heavy atom. The highest BCUT2D eigenvalue weighted by Gasteiger charge is 2.32. The maximum atomic E-state index is 11.1. The number of carbonyl (C=O) groups is 1. The van der Waals surface area contributed by atoms with Crippen molar-refractivity contribution < 1.29 is 23.9 Å². The molecule has 4 aromatic rings. The van der Waals surface area contributed by atoms with Crippen LogP contribution in [0.3, 0.4) is 0 Å². The van der Waals surface area contributed by atoms with Crippen LogP contribution in [0.2, 0.25) is 0 Å². The van der Waals surface area contributed by atoms with Crippen LogP contribution in [-0.4, -0.2) is 52.4 Å². The molecule has 6 rings (SSSR count). The number of benzene rings is 3. The Labute approximate surface area is 189 Å². The number of hydrogen-bond acceptors (Lipinski definition) is 7. The van der Waals surface area contributed by atoms with Crippen molar-refractivity contribution in [1.29, 1.82) is 0 Å². The molecule has 1 N–H and O–H groups in total. The second-order valence-electron chi connectivity index (χ2n) is 8.33. The van der Waals surface area contributed by atoms with Gasteiger partial charge in [-0.1, -0.05) is 41.6 Å². The quantitative estimate of drug-likeness (QED) is 0.497. The van der Waals surface area contributed by atoms with Crippen LogP contribution in [0.4, 0.5) is 0 Å². The molecular formula is C25H21N3O5. The summed E-state index contributed by atoms with van der Waals surface area (Å²) in [5.74, 6) is 1.31. The van der Waals surface area contributed by atoms with E-state index in [9.17, 15) is 4.79 Å². The van der Waals surface area contributed by atoms with Gasteiger partial charge in [0.25, 0.3) is 5.89 Å². The van der Waals surface area contributed by atoms with E-state index in [0.29, 0.717) is 56.1 Å². The maximum Gasteiger partial charge on any atom is 0.309 e. The third kappa shape index (κ3) is 3.58. The molecule has 33 heavy (non-hydrogen) atoms. The number of ether oxygens (including phenoxy) is 2. The van der Waals surface area contributed by atoms with Crippen LogP contribution >= 0.6 is 0 Å². The van der Waals surface area contributed by atoms with Gasteiger partial charge in [0.05, 0.1) is 5.92 Å². The smallest absolute Gasteiger partial charge is 0.309 e. The van der Waals surface area contributed by atoms with Crippen LogP contribution in [0.1, 0.15) is 5.56 Å². The monoisotopic (exact) mass is 443 g/mol. The summed E-state index contributed by atoms with van der Waals surface area (Å²) in [6, 6.07) is 17.8. The minimum Gasteiger partial charge on any atom is -0.486 e. The van der Waals surface area contributed by atoms with E-state index in [1.807, 2.05) is 42.5 Å². The molecule has 8 heteroatoms. The van der Waals surface area contributed by atoms with Gasteiger partial charge >= 0.3 is 5.97 Å². The van der Waals surface area contributed by atoms with Gasteiger partial charge in [0.2, 0.25) is 5.82 Å². The number of nitrogens with zero attached hydrogens (tertiary/aromatic N) is 3. The number of aromatic nitrogens is 2. The zero-order valence-electron chi connectivity index (χ0n) is 17.7. The van der Waals surface area contributed by atoms with Crippen LogP contribution in [0, 0.1) is 5.92 Å². The normalized spacial score (nSPS) is 16.0. The summed E-state index contributed by atoms with van der Waals surface area (Å²) in [7, 11) is 0. The molecule has 8 nitrogen and oxygen atoms in total. The molecule has 0 aliphatic carbocycles. The molecule has 1 saturated heterocycles. The molecule has 3 heterocycles. The lowest BCUT2D eigenvalue weighted by Crippen LogP contribution is -2.49. The number of hydrogen-bond donors (Lipinski definition) is 1. The third-order valence-corrected chi connectivity index (χ3v) is 6.17. The number of carboxylic acids is 1. The highest BCUT2D eigenvalue weighted by molar-refractivity contribution is 5.97. The van der Waals surface area contributed by atoms with Crippen molar-refractivity contribution in [2.75, 3.05) is 26.3 Å². The lowest BCUT2D eigenvalue weighted by molar-refractivity contribution is -0.147. The van der Waals surface area contributed by atoms with Gasteiger partial charge in [-0.25, -0.2) is 0 Å². The first kappa shape index (κ1) is 19.8. The standard InChI is InChI=1S/C25H21N3O5/c29-25(30)17-13-28(14-17)12-16-5-7-20(19-4-2-1-3-18(16)19)23-26-24(33-27-23)15-6-8-21-22(11-15)32-10-9-31-21/h1-8,11,17H,9-10,12-14H2,(H,29,30). The van der Waals surface area contributed by atoms with Crippen molar-refractivity contribution in [3.63, 3.8) is 0 Å². The number of rotatable bonds is 5. The van der Waals surface area contributed by atoms with E-state index in [2.05, 4.69) is 27.2 Å². The summed E-state index contributed by atoms with van der Waals surface area (Å²) in [5.41, 5.74) is 2.80. The minimum absolute atomic E-state index is 0.270. The predicted molar refractivity (Wildman–Crippen MR) is 120 cm³/mol. The van der Waals surface area contributed by atoms with E-state index >= 15 is 0 Å². The number of aliphatic carboxylic acids is 1. The topological polar surface area (TPSA) is 97.9 Å². The lowest BCUT2D eigenvalue weighted by atomic mass is 9.95. The van der Waals surface area contributed by atoms with E-state index in [1.54, 1.807) is 0 Å². The molecule has 0 radical (unpaired) electrons. The average molecular weight is 443 g/mol. The molecule has 2 aliphatic heterocycles. The van der Waals surface area contributed by atoms with Crippen molar-refractivity contribution in [2.45, 2.75) is 6.54 Å². The summed E-state index contributed by atoms with van der Waals surface area (Å²) < 4.78 is 16.8. The van der Waals surface area contributed by atoms with Crippen LogP contribution in [0.25, 0.3) is 33.6 Å². The largest absolute Gasteiger partial charge is 0.486 e. The Morgan fingerprint density at radius 1 is 1.00 bits per heavy atom. The average Bonchev–Trinajstić information content (AvgIpc) is 3.30. The highest BCUT2D eigenvalue weighted by atomic mass is 16.6. The Balaban J connectivity index is 1.31. The number of likely N-dealkylation sites (tertiary alicyclic amines) is 1. The van der Waals surface area contributed by atoms with Crippen molar-refractivity contribution in [3.05, 3.63) is 60.2 Å². The predicted octanol–water partition coefficient (Wildman–Crippen LogP) is 3.84. The Hall–Kier alpha value is -3.91. The summed E-state index contributed by atoms with van der Waals surface area (Å²) in [5, 5.41) is 15.5. The second kappa shape index (κ2) is 7.90. The van der Waals surface area contributed by atoms with Gasteiger partial charge in [-0.05, 0) is 34.5 Å². The molecule has 0 spiro atoms. The van der Waals surface area contributed by atoms with E-state index in [4.69, 9.17) is 19.1 Å². The number of fused-ring (bicyclic) bond motifs is 2. The van der Waals surface area contributed by atoms with Crippen molar-refractivity contribution in [2.24, 2.45) is 5.92 Å². The molecule has 166 valence electrons. The zero-order chi connectivity index (χ0) is 22.4. The number of carboxylic acid groups (broad SMARTS) is 1. The minimum atomic E-state index is -0.725. The first-order valence-corrected chi connectivity index (χ1v) is 10.9. The SMILES string of the molecule is O=C(O)C1CN(Cc2ccc(-c3noc(-c4ccc5c(c4)OCCO5)n3)c3ccccc23)C1. The van der Waals surface area contributed by atoms with Gasteiger partial charge in [-0.3, -0.25) is 9.69 Å². The lowest BCUT2D eigenvalue weighted by Gasteiger charge is -2.36. The zero-order valence-corrected chi connectivity index (χ0v) is 17.7. The Morgan fingerprint density at radius 2 is 1.79 bits per heavy atom. The first-order chi connectivity index (χ1) is 16.2. The third-order valence-electron chi connectivity index (χ3n) is 6.17. The van der Waals surface area contributed by atoms with Gasteiger partial charge in [-0.2, -0.15) is 4.98 Å². The Bertz CT molecular complexity index is 1360. The van der Waals surface area contributed by atoms with Crippen LogP contribution in [-0.2, 0) is 11.3 Å². The molecule has 2 aliphatic rings. The maximum absolute atomic E-state index is 11.1. The molecule has 3 aromatic carbocycles. The van der Waals surface area contributed by atoms with Crippen molar-refractivity contribution in [1.82, 2.24) is 15.0 Å². The van der Waals surface area contributed by atoms with Gasteiger partial charge in [0.1, 0.15) is 13.2 Å². The van der Waals surface area contributed by atoms with E-state index in [-0.39, 0.29) is 5.92 Å². The molecule has 0 bridgehead atoms. The van der Waals surface area contributed by atoms with Gasteiger partial charge in [0.15, 0.2) is 11.5 Å². The fourth-order valence-electron chi connectivity index (χ4n) is 4.42. The second-order valence-corrected chi connectivity index (χ2v) is 8.33. The molecule has 0 amide bonds. The molecular weight excluding hydrogens is 422 g/mol. The van der Waals surface area contributed by atoms with E-state index in [1.165, 1.54) is 0 Å². The van der Waals surface area contributed by atoms with E-state index < -0.39 is 5.97 Å². The Kier molecular flexibility index (Phi) is 4.73. The molecule has 0 unspecified atom stereocenters.